The number of nitrogens with one attached hydrogen (secondary N) is 5. The number of carbonyl (C=O) groups excluding carboxylic acids is 5. The molecule has 0 saturated carbocycles. The number of hydrogen-bond acceptors (Lipinski definition) is 12. The summed E-state index contributed by atoms with van der Waals surface area (Å²) in [6.45, 7) is -0.979. The Labute approximate surface area is 438 Å². The Morgan fingerprint density at radius 1 is 0.506 bits per heavy atom. The van der Waals surface area contributed by atoms with Crippen LogP contribution in [0.15, 0.2) is 164 Å². The van der Waals surface area contributed by atoms with Gasteiger partial charge >= 0.3 is 18.2 Å². The number of hydrogen-bond donors (Lipinski definition) is 6. The van der Waals surface area contributed by atoms with Crippen LogP contribution < -0.4 is 26.6 Å². The average Bonchev–Trinajstić information content (AvgIpc) is 3.96. The van der Waals surface area contributed by atoms with E-state index in [4.69, 9.17) is 9.47 Å². The van der Waals surface area contributed by atoms with Crippen molar-refractivity contribution in [2.75, 3.05) is 30.4 Å². The number of carbonyl (C=O) groups is 6. The number of fused-ring (bicyclic) bond motifs is 6. The number of alkyl carbamates (subject to hydrolysis) is 2. The third kappa shape index (κ3) is 12.1. The second-order valence-corrected chi connectivity index (χ2v) is 18.2. The van der Waals surface area contributed by atoms with Crippen molar-refractivity contribution in [3.8, 4) is 22.3 Å². The highest BCUT2D eigenvalue weighted by Gasteiger charge is 2.32. The summed E-state index contributed by atoms with van der Waals surface area (Å²) in [5.74, 6) is -4.63. The summed E-state index contributed by atoms with van der Waals surface area (Å²) in [6.07, 6.45) is -2.34. The van der Waals surface area contributed by atoms with Gasteiger partial charge in [-0.1, -0.05) is 121 Å². The summed E-state index contributed by atoms with van der Waals surface area (Å²) in [6, 6.07) is 42.3. The number of carboxylic acid groups (broad SMARTS) is 1. The highest BCUT2D eigenvalue weighted by molar-refractivity contribution is 6.03. The van der Waals surface area contributed by atoms with Gasteiger partial charge in [0.25, 0.3) is 17.3 Å². The molecule has 0 aliphatic heterocycles. The first kappa shape index (κ1) is 51.7. The number of rotatable bonds is 19. The average molecular weight is 1040 g/mol. The number of anilines is 2. The van der Waals surface area contributed by atoms with E-state index in [0.29, 0.717) is 11.1 Å². The van der Waals surface area contributed by atoms with E-state index in [2.05, 4.69) is 26.6 Å². The molecule has 6 N–H and O–H groups in total. The van der Waals surface area contributed by atoms with Crippen molar-refractivity contribution in [1.82, 2.24) is 16.0 Å². The van der Waals surface area contributed by atoms with E-state index in [0.717, 1.165) is 44.5 Å². The second-order valence-electron chi connectivity index (χ2n) is 18.2. The molecular weight excluding hydrogens is 991 g/mol. The molecule has 0 spiro atoms. The van der Waals surface area contributed by atoms with Crippen LogP contribution in [-0.4, -0.2) is 82.7 Å². The van der Waals surface area contributed by atoms with Crippen molar-refractivity contribution in [2.45, 2.75) is 36.8 Å². The predicted molar refractivity (Wildman–Crippen MR) is 281 cm³/mol. The topological polar surface area (TPSA) is 288 Å². The fourth-order valence-electron chi connectivity index (χ4n) is 9.58. The molecule has 2 aliphatic carbocycles. The van der Waals surface area contributed by atoms with Crippen molar-refractivity contribution in [3.63, 3.8) is 0 Å². The van der Waals surface area contributed by atoms with E-state index in [9.17, 15) is 54.1 Å². The second kappa shape index (κ2) is 22.9. The molecule has 0 aromatic heterocycles. The Kier molecular flexibility index (Phi) is 15.4. The molecular formula is C57H47N7O13. The Bertz CT molecular complexity index is 3160. The first-order valence-electron chi connectivity index (χ1n) is 24.2. The molecule has 20 heteroatoms. The lowest BCUT2D eigenvalue weighted by atomic mass is 9.98. The molecule has 0 saturated heterocycles. The minimum absolute atomic E-state index is 0.0936. The zero-order valence-corrected chi connectivity index (χ0v) is 40.7. The molecule has 20 nitrogen and oxygen atoms in total. The van der Waals surface area contributed by atoms with Crippen molar-refractivity contribution in [1.29, 1.82) is 0 Å². The van der Waals surface area contributed by atoms with Crippen LogP contribution >= 0.6 is 0 Å². The van der Waals surface area contributed by atoms with Crippen LogP contribution in [0.3, 0.4) is 0 Å². The number of nitrogens with zero attached hydrogens (tertiary/aromatic N) is 2. The van der Waals surface area contributed by atoms with Gasteiger partial charge in [-0.25, -0.2) is 9.59 Å². The standard InChI is InChI=1S/C57H47N7O13/c65-52(66)30-58-53(67)35-27-36(59-54(68)50(25-33-17-21-38(22-18-33)63(72)73)61-56(70)76-31-48-44-13-5-1-9-40(44)41-10-2-6-14-45(41)48)29-37(28-35)60-55(69)51(26-34-19-23-39(24-20-34)64(74)75)62-57(71)77-32-49-46-15-7-3-11-42(46)43-12-4-8-16-47(43)49/h1-24,27-29,48-51H,25-26,30-32H2,(H,58,67)(H,59,68)(H,60,69)(H,61,70)(H,62,71)(H,65,66)/t50-,51-/m0/s1. The van der Waals surface area contributed by atoms with Gasteiger partial charge in [-0.05, 0) is 73.8 Å². The van der Waals surface area contributed by atoms with Gasteiger partial charge < -0.3 is 41.2 Å². The normalized spacial score (nSPS) is 12.8. The van der Waals surface area contributed by atoms with E-state index >= 15 is 0 Å². The summed E-state index contributed by atoms with van der Waals surface area (Å²) in [7, 11) is 0. The summed E-state index contributed by atoms with van der Waals surface area (Å²) >= 11 is 0. The van der Waals surface area contributed by atoms with Crippen molar-refractivity contribution in [2.24, 2.45) is 0 Å². The number of aliphatic carboxylic acids is 1. The van der Waals surface area contributed by atoms with Crippen molar-refractivity contribution < 1.29 is 53.2 Å². The van der Waals surface area contributed by atoms with E-state index in [1.165, 1.54) is 66.7 Å². The summed E-state index contributed by atoms with van der Waals surface area (Å²) in [5.41, 5.74) is 7.69. The Morgan fingerprint density at radius 2 is 0.857 bits per heavy atom. The third-order valence-electron chi connectivity index (χ3n) is 13.2. The van der Waals surface area contributed by atoms with E-state index in [1.54, 1.807) is 0 Å². The molecule has 7 aromatic carbocycles. The lowest BCUT2D eigenvalue weighted by Gasteiger charge is -2.21. The molecule has 388 valence electrons. The lowest BCUT2D eigenvalue weighted by Crippen LogP contribution is -2.46. The van der Waals surface area contributed by atoms with Crippen molar-refractivity contribution >= 4 is 58.6 Å². The Balaban J connectivity index is 0.959. The van der Waals surface area contributed by atoms with E-state index in [1.807, 2.05) is 97.1 Å². The molecule has 0 bridgehead atoms. The first-order valence-corrected chi connectivity index (χ1v) is 24.2. The zero-order valence-electron chi connectivity index (χ0n) is 40.7. The molecule has 0 fully saturated rings. The molecule has 0 heterocycles. The highest BCUT2D eigenvalue weighted by Crippen LogP contribution is 2.46. The molecule has 0 unspecified atom stereocenters. The van der Waals surface area contributed by atoms with Gasteiger partial charge in [-0.3, -0.25) is 39.4 Å². The maximum Gasteiger partial charge on any atom is 0.407 e. The van der Waals surface area contributed by atoms with Gasteiger partial charge in [-0.2, -0.15) is 0 Å². The maximum atomic E-state index is 14.4. The highest BCUT2D eigenvalue weighted by atomic mass is 16.6. The number of amides is 5. The minimum Gasteiger partial charge on any atom is -0.480 e. The van der Waals surface area contributed by atoms with Gasteiger partial charge in [0.2, 0.25) is 11.8 Å². The van der Waals surface area contributed by atoms with Crippen LogP contribution in [-0.2, 0) is 36.7 Å². The number of ether oxygens (including phenoxy) is 2. The van der Waals surface area contributed by atoms with Crippen LogP contribution in [0.5, 0.6) is 0 Å². The van der Waals surface area contributed by atoms with Crippen LogP contribution in [0.2, 0.25) is 0 Å². The van der Waals surface area contributed by atoms with E-state index < -0.39 is 64.4 Å². The fourth-order valence-corrected chi connectivity index (χ4v) is 9.58. The fraction of sp³-hybridized carbons (Fsp3) is 0.158. The molecule has 77 heavy (non-hydrogen) atoms. The maximum absolute atomic E-state index is 14.4. The monoisotopic (exact) mass is 1040 g/mol. The summed E-state index contributed by atoms with van der Waals surface area (Å²) in [5, 5.41) is 45.0. The van der Waals surface area contributed by atoms with Gasteiger partial charge in [0.05, 0.1) is 9.85 Å². The first-order chi connectivity index (χ1) is 37.2. The van der Waals surface area contributed by atoms with Crippen LogP contribution in [0.25, 0.3) is 22.3 Å². The number of benzene rings is 7. The van der Waals surface area contributed by atoms with Crippen LogP contribution in [0, 0.1) is 20.2 Å². The predicted octanol–water partition coefficient (Wildman–Crippen LogP) is 8.49. The number of carboxylic acids is 1. The molecule has 2 aliphatic rings. The number of nitro groups is 2. The summed E-state index contributed by atoms with van der Waals surface area (Å²) < 4.78 is 11.5. The molecule has 7 aromatic rings. The van der Waals surface area contributed by atoms with Crippen LogP contribution in [0.4, 0.5) is 32.3 Å². The molecule has 0 radical (unpaired) electrons. The molecule has 5 amide bonds. The number of nitro benzene ring substituents is 2. The zero-order chi connectivity index (χ0) is 54.2. The minimum atomic E-state index is -1.41. The van der Waals surface area contributed by atoms with Crippen LogP contribution in [0.1, 0.15) is 55.6 Å². The Hall–Kier alpha value is -10.2. The largest absolute Gasteiger partial charge is 0.480 e. The Morgan fingerprint density at radius 3 is 1.19 bits per heavy atom. The van der Waals surface area contributed by atoms with E-state index in [-0.39, 0.29) is 66.2 Å². The van der Waals surface area contributed by atoms with Gasteiger partial charge in [0, 0.05) is 65.9 Å². The van der Waals surface area contributed by atoms with Gasteiger partial charge in [0.1, 0.15) is 31.8 Å². The van der Waals surface area contributed by atoms with Gasteiger partial charge in [-0.15, -0.1) is 0 Å². The molecule has 9 rings (SSSR count). The molecule has 2 atom stereocenters. The quantitative estimate of drug-likeness (QED) is 0.0328. The number of non-ortho nitro benzene ring substituents is 2. The third-order valence-corrected chi connectivity index (χ3v) is 13.2. The summed E-state index contributed by atoms with van der Waals surface area (Å²) in [4.78, 5) is 103. The lowest BCUT2D eigenvalue weighted by molar-refractivity contribution is -0.385. The van der Waals surface area contributed by atoms with Crippen molar-refractivity contribution in [3.05, 3.63) is 223 Å². The smallest absolute Gasteiger partial charge is 0.407 e. The SMILES string of the molecule is O=C(O)CNC(=O)c1cc(NC(=O)[C@H](Cc2ccc([N+](=O)[O-])cc2)NC(=O)OCC2c3ccccc3-c3ccccc32)cc(NC(=O)[C@H](Cc2ccc([N+](=O)[O-])cc2)NC(=O)OCC2c3ccccc3-c3ccccc32)c1. The van der Waals surface area contributed by atoms with Gasteiger partial charge in [0.15, 0.2) is 0 Å².